The third-order valence-electron chi connectivity index (χ3n) is 4.65. The van der Waals surface area contributed by atoms with E-state index in [1.54, 1.807) is 13.8 Å². The summed E-state index contributed by atoms with van der Waals surface area (Å²) in [6.45, 7) is 10.3. The third-order valence-corrected chi connectivity index (χ3v) is 4.65. The zero-order valence-corrected chi connectivity index (χ0v) is 15.4. The first-order valence-electron chi connectivity index (χ1n) is 8.82. The van der Waals surface area contributed by atoms with Gasteiger partial charge in [0.1, 0.15) is 5.41 Å². The first-order valence-corrected chi connectivity index (χ1v) is 8.82. The van der Waals surface area contributed by atoms with E-state index in [0.29, 0.717) is 13.1 Å². The fourth-order valence-electron chi connectivity index (χ4n) is 2.68. The van der Waals surface area contributed by atoms with Crippen LogP contribution < -0.4 is 10.6 Å². The Kier molecular flexibility index (Phi) is 6.96. The molecule has 1 aliphatic heterocycles. The lowest BCUT2D eigenvalue weighted by atomic mass is 9.91. The van der Waals surface area contributed by atoms with E-state index in [1.807, 2.05) is 31.2 Å². The molecular weight excluding hydrogens is 318 g/mol. The summed E-state index contributed by atoms with van der Waals surface area (Å²) in [5, 5.41) is 5.75. The maximum atomic E-state index is 12.5. The van der Waals surface area contributed by atoms with Gasteiger partial charge in [-0.1, -0.05) is 24.3 Å². The summed E-state index contributed by atoms with van der Waals surface area (Å²) in [4.78, 5) is 27.1. The Morgan fingerprint density at radius 2 is 1.76 bits per heavy atom. The highest BCUT2D eigenvalue weighted by atomic mass is 16.5. The van der Waals surface area contributed by atoms with Gasteiger partial charge in [0.25, 0.3) is 0 Å². The van der Waals surface area contributed by atoms with Gasteiger partial charge in [-0.25, -0.2) is 0 Å². The number of nitrogens with zero attached hydrogens (tertiary/aromatic N) is 1. The molecule has 2 N–H and O–H groups in total. The quantitative estimate of drug-likeness (QED) is 0.725. The van der Waals surface area contributed by atoms with Crippen LogP contribution in [0.15, 0.2) is 24.3 Å². The molecule has 0 saturated carbocycles. The summed E-state index contributed by atoms with van der Waals surface area (Å²) >= 11 is 0. The van der Waals surface area contributed by atoms with Crippen molar-refractivity contribution >= 4 is 11.8 Å². The van der Waals surface area contributed by atoms with Gasteiger partial charge in [-0.15, -0.1) is 0 Å². The summed E-state index contributed by atoms with van der Waals surface area (Å²) < 4.78 is 5.30. The van der Waals surface area contributed by atoms with Crippen LogP contribution in [0.25, 0.3) is 0 Å². The van der Waals surface area contributed by atoms with Crippen LogP contribution in [0.1, 0.15) is 25.0 Å². The number of ether oxygens (including phenoxy) is 1. The molecule has 0 bridgehead atoms. The van der Waals surface area contributed by atoms with E-state index in [2.05, 4.69) is 15.5 Å². The zero-order chi connectivity index (χ0) is 18.3. The first kappa shape index (κ1) is 19.4. The van der Waals surface area contributed by atoms with Gasteiger partial charge in [0, 0.05) is 32.7 Å². The van der Waals surface area contributed by atoms with Crippen molar-refractivity contribution in [3.8, 4) is 0 Å². The molecule has 6 heteroatoms. The molecule has 0 unspecified atom stereocenters. The molecule has 1 aromatic rings. The van der Waals surface area contributed by atoms with Crippen molar-refractivity contribution in [3.63, 3.8) is 0 Å². The molecule has 0 aliphatic carbocycles. The van der Waals surface area contributed by atoms with Crippen LogP contribution >= 0.6 is 0 Å². The minimum Gasteiger partial charge on any atom is -0.379 e. The van der Waals surface area contributed by atoms with Crippen molar-refractivity contribution in [1.82, 2.24) is 15.5 Å². The molecule has 25 heavy (non-hydrogen) atoms. The number of rotatable bonds is 7. The van der Waals surface area contributed by atoms with Gasteiger partial charge in [-0.3, -0.25) is 14.5 Å². The van der Waals surface area contributed by atoms with E-state index in [-0.39, 0.29) is 11.8 Å². The van der Waals surface area contributed by atoms with E-state index in [0.717, 1.165) is 44.0 Å². The van der Waals surface area contributed by atoms with Crippen molar-refractivity contribution in [2.75, 3.05) is 39.4 Å². The standard InChI is InChI=1S/C19H29N3O3/c1-15-6-4-5-7-16(15)14-21-18(24)19(2,3)17(23)20-8-9-22-10-12-25-13-11-22/h4-7H,8-14H2,1-3H3,(H,20,23)(H,21,24). The number of hydrogen-bond acceptors (Lipinski definition) is 4. The molecule has 1 heterocycles. The Labute approximate surface area is 149 Å². The van der Waals surface area contributed by atoms with E-state index < -0.39 is 5.41 Å². The van der Waals surface area contributed by atoms with Gasteiger partial charge in [-0.05, 0) is 31.9 Å². The summed E-state index contributed by atoms with van der Waals surface area (Å²) in [6, 6.07) is 7.89. The number of nitrogens with one attached hydrogen (secondary N) is 2. The summed E-state index contributed by atoms with van der Waals surface area (Å²) in [6.07, 6.45) is 0. The molecule has 1 aromatic carbocycles. The molecule has 0 atom stereocenters. The fraction of sp³-hybridized carbons (Fsp3) is 0.579. The number of morpholine rings is 1. The van der Waals surface area contributed by atoms with Crippen LogP contribution in [0, 0.1) is 12.3 Å². The van der Waals surface area contributed by atoms with Gasteiger partial charge in [0.05, 0.1) is 13.2 Å². The van der Waals surface area contributed by atoms with Crippen molar-refractivity contribution in [3.05, 3.63) is 35.4 Å². The minimum absolute atomic E-state index is 0.247. The van der Waals surface area contributed by atoms with Crippen molar-refractivity contribution in [1.29, 1.82) is 0 Å². The van der Waals surface area contributed by atoms with Crippen molar-refractivity contribution in [2.24, 2.45) is 5.41 Å². The Morgan fingerprint density at radius 1 is 1.12 bits per heavy atom. The number of amides is 2. The van der Waals surface area contributed by atoms with Gasteiger partial charge in [0.15, 0.2) is 0 Å². The molecule has 2 amide bonds. The van der Waals surface area contributed by atoms with Crippen LogP contribution in [0.2, 0.25) is 0 Å². The SMILES string of the molecule is Cc1ccccc1CNC(=O)C(C)(C)C(=O)NCCN1CCOCC1. The Morgan fingerprint density at radius 3 is 2.44 bits per heavy atom. The second kappa shape index (κ2) is 8.97. The fourth-order valence-corrected chi connectivity index (χ4v) is 2.68. The van der Waals surface area contributed by atoms with Gasteiger partial charge < -0.3 is 15.4 Å². The van der Waals surface area contributed by atoms with Gasteiger partial charge in [-0.2, -0.15) is 0 Å². The summed E-state index contributed by atoms with van der Waals surface area (Å²) in [5.74, 6) is -0.511. The molecule has 0 spiro atoms. The van der Waals surface area contributed by atoms with Crippen LogP contribution in [-0.2, 0) is 20.9 Å². The lowest BCUT2D eigenvalue weighted by Crippen LogP contribution is -2.49. The van der Waals surface area contributed by atoms with E-state index >= 15 is 0 Å². The number of hydrogen-bond donors (Lipinski definition) is 2. The van der Waals surface area contributed by atoms with E-state index in [4.69, 9.17) is 4.74 Å². The molecule has 1 fully saturated rings. The lowest BCUT2D eigenvalue weighted by Gasteiger charge is -2.27. The second-order valence-electron chi connectivity index (χ2n) is 6.94. The second-order valence-corrected chi connectivity index (χ2v) is 6.94. The average Bonchev–Trinajstić information content (AvgIpc) is 2.61. The van der Waals surface area contributed by atoms with E-state index in [1.165, 1.54) is 0 Å². The Balaban J connectivity index is 1.78. The molecule has 0 aromatic heterocycles. The van der Waals surface area contributed by atoms with Crippen molar-refractivity contribution in [2.45, 2.75) is 27.3 Å². The maximum absolute atomic E-state index is 12.5. The van der Waals surface area contributed by atoms with Crippen LogP contribution in [0.5, 0.6) is 0 Å². The molecule has 1 aliphatic rings. The first-order chi connectivity index (χ1) is 11.9. The predicted octanol–water partition coefficient (Wildman–Crippen LogP) is 1.09. The zero-order valence-electron chi connectivity index (χ0n) is 15.4. The number of carbonyl (C=O) groups is 2. The topological polar surface area (TPSA) is 70.7 Å². The maximum Gasteiger partial charge on any atom is 0.235 e. The normalized spacial score (nSPS) is 15.6. The highest BCUT2D eigenvalue weighted by molar-refractivity contribution is 6.04. The monoisotopic (exact) mass is 347 g/mol. The highest BCUT2D eigenvalue weighted by Gasteiger charge is 2.35. The summed E-state index contributed by atoms with van der Waals surface area (Å²) in [7, 11) is 0. The Hall–Kier alpha value is -1.92. The number of carbonyl (C=O) groups excluding carboxylic acids is 2. The average molecular weight is 347 g/mol. The molecule has 138 valence electrons. The smallest absolute Gasteiger partial charge is 0.235 e. The predicted molar refractivity (Wildman–Crippen MR) is 97.1 cm³/mol. The van der Waals surface area contributed by atoms with Crippen molar-refractivity contribution < 1.29 is 14.3 Å². The molecule has 0 radical (unpaired) electrons. The third kappa shape index (κ3) is 5.54. The molecule has 1 saturated heterocycles. The summed E-state index contributed by atoms with van der Waals surface area (Å²) in [5.41, 5.74) is 1.07. The Bertz CT molecular complexity index is 595. The van der Waals surface area contributed by atoms with Crippen LogP contribution in [0.4, 0.5) is 0 Å². The van der Waals surface area contributed by atoms with E-state index in [9.17, 15) is 9.59 Å². The molecule has 6 nitrogen and oxygen atoms in total. The molecule has 2 rings (SSSR count). The molecular formula is C19H29N3O3. The van der Waals surface area contributed by atoms with Crippen LogP contribution in [-0.4, -0.2) is 56.1 Å². The van der Waals surface area contributed by atoms with Gasteiger partial charge in [0.2, 0.25) is 11.8 Å². The highest BCUT2D eigenvalue weighted by Crippen LogP contribution is 2.16. The number of aryl methyl sites for hydroxylation is 1. The largest absolute Gasteiger partial charge is 0.379 e. The van der Waals surface area contributed by atoms with Crippen LogP contribution in [0.3, 0.4) is 0 Å². The lowest BCUT2D eigenvalue weighted by molar-refractivity contribution is -0.141. The van der Waals surface area contributed by atoms with Gasteiger partial charge >= 0.3 is 0 Å². The minimum atomic E-state index is -1.10. The number of benzene rings is 1.